The summed E-state index contributed by atoms with van der Waals surface area (Å²) in [6, 6.07) is 8.77. The van der Waals surface area contributed by atoms with Gasteiger partial charge < -0.3 is 15.3 Å². The zero-order chi connectivity index (χ0) is 30.1. The monoisotopic (exact) mass is 706 g/mol. The Bertz CT molecular complexity index is 1630. The molecular formula is C30H26ClF2IN4O4. The van der Waals surface area contributed by atoms with Gasteiger partial charge >= 0.3 is 6.09 Å². The van der Waals surface area contributed by atoms with E-state index in [1.807, 2.05) is 35.6 Å². The smallest absolute Gasteiger partial charge is 0.409 e. The molecule has 3 N–H and O–H groups in total. The Labute approximate surface area is 259 Å². The maximum absolute atomic E-state index is 14.7. The lowest BCUT2D eigenvalue weighted by Gasteiger charge is -2.34. The quantitative estimate of drug-likeness (QED) is 0.193. The number of hydrogen-bond donors (Lipinski definition) is 3. The van der Waals surface area contributed by atoms with Gasteiger partial charge in [0.1, 0.15) is 5.82 Å². The predicted octanol–water partition coefficient (Wildman–Crippen LogP) is 7.49. The molecule has 0 unspecified atom stereocenters. The average Bonchev–Trinajstić information content (AvgIpc) is 2.94. The van der Waals surface area contributed by atoms with Crippen molar-refractivity contribution < 1.29 is 28.3 Å². The summed E-state index contributed by atoms with van der Waals surface area (Å²) in [5, 5.41) is 14.4. The number of rotatable bonds is 3. The molecule has 8 nitrogen and oxygen atoms in total. The van der Waals surface area contributed by atoms with Crippen molar-refractivity contribution in [2.24, 2.45) is 5.92 Å². The number of pyridine rings is 1. The van der Waals surface area contributed by atoms with E-state index in [4.69, 9.17) is 11.6 Å². The van der Waals surface area contributed by atoms with E-state index < -0.39 is 29.7 Å². The fourth-order valence-electron chi connectivity index (χ4n) is 5.38. The summed E-state index contributed by atoms with van der Waals surface area (Å²) >= 11 is 7.91. The van der Waals surface area contributed by atoms with Gasteiger partial charge in [-0.1, -0.05) is 24.9 Å². The normalized spacial score (nSPS) is 19.2. The molecule has 3 aromatic rings. The number of amides is 3. The van der Waals surface area contributed by atoms with Crippen LogP contribution in [0.1, 0.15) is 49.9 Å². The zero-order valence-electron chi connectivity index (χ0n) is 22.4. The van der Waals surface area contributed by atoms with E-state index in [-0.39, 0.29) is 40.9 Å². The molecule has 2 atom stereocenters. The maximum Gasteiger partial charge on any atom is 0.409 e. The molecular weight excluding hydrogens is 681 g/mol. The number of nitrogens with zero attached hydrogens (tertiary/aromatic N) is 2. The number of fused-ring (bicyclic) bond motifs is 4. The number of anilines is 2. The Morgan fingerprint density at radius 1 is 1.19 bits per heavy atom. The first kappa shape index (κ1) is 29.9. The fraction of sp³-hybridized carbons (Fsp3) is 0.267. The van der Waals surface area contributed by atoms with Gasteiger partial charge in [0.2, 0.25) is 11.8 Å². The number of carboxylic acid groups (broad SMARTS) is 1. The van der Waals surface area contributed by atoms with Crippen LogP contribution in [0, 0.1) is 21.1 Å². The van der Waals surface area contributed by atoms with Crippen LogP contribution in [0.2, 0.25) is 5.02 Å². The Morgan fingerprint density at radius 2 is 1.98 bits per heavy atom. The molecule has 0 radical (unpaired) electrons. The third kappa shape index (κ3) is 6.12. The van der Waals surface area contributed by atoms with Crippen molar-refractivity contribution >= 4 is 69.0 Å². The SMILES string of the molecule is C[C@@H]1CCC[C@H](N2CCC(c3c(F)ccc(Cl)c3F)=CC2=O)c2cc(ccn2)-c2cc(I)c(NC(=O)O)cc2NC1=O. The van der Waals surface area contributed by atoms with Crippen LogP contribution in [0.15, 0.2) is 48.7 Å². The van der Waals surface area contributed by atoms with Crippen molar-refractivity contribution in [3.63, 3.8) is 0 Å². The fourth-order valence-corrected chi connectivity index (χ4v) is 6.14. The van der Waals surface area contributed by atoms with Crippen molar-refractivity contribution in [1.82, 2.24) is 9.88 Å². The Morgan fingerprint density at radius 3 is 2.71 bits per heavy atom. The van der Waals surface area contributed by atoms with Crippen LogP contribution in [0.5, 0.6) is 0 Å². The van der Waals surface area contributed by atoms with Gasteiger partial charge in [-0.2, -0.15) is 0 Å². The van der Waals surface area contributed by atoms with Gasteiger partial charge in [0.05, 0.1) is 33.7 Å². The third-order valence-corrected chi connectivity index (χ3v) is 8.73. The molecule has 2 bridgehead atoms. The maximum atomic E-state index is 14.7. The van der Waals surface area contributed by atoms with Gasteiger partial charge in [0, 0.05) is 33.9 Å². The minimum atomic E-state index is -1.22. The summed E-state index contributed by atoms with van der Waals surface area (Å²) in [4.78, 5) is 44.2. The summed E-state index contributed by atoms with van der Waals surface area (Å²) in [5.41, 5.74) is 2.74. The van der Waals surface area contributed by atoms with E-state index in [9.17, 15) is 28.3 Å². The highest BCUT2D eigenvalue weighted by atomic mass is 127. The van der Waals surface area contributed by atoms with Crippen molar-refractivity contribution in [2.45, 2.75) is 38.6 Å². The second-order valence-electron chi connectivity index (χ2n) is 10.3. The average molecular weight is 707 g/mol. The minimum Gasteiger partial charge on any atom is -0.465 e. The first-order valence-electron chi connectivity index (χ1n) is 13.3. The summed E-state index contributed by atoms with van der Waals surface area (Å²) in [6.07, 6.45) is 3.54. The number of carbonyl (C=O) groups is 3. The van der Waals surface area contributed by atoms with Gasteiger partial charge in [-0.25, -0.2) is 13.6 Å². The number of benzene rings is 2. The molecule has 2 aliphatic heterocycles. The van der Waals surface area contributed by atoms with E-state index >= 15 is 0 Å². The first-order valence-corrected chi connectivity index (χ1v) is 14.7. The largest absolute Gasteiger partial charge is 0.465 e. The predicted molar refractivity (Wildman–Crippen MR) is 164 cm³/mol. The van der Waals surface area contributed by atoms with Crippen LogP contribution in [0.4, 0.5) is 25.0 Å². The van der Waals surface area contributed by atoms with E-state index in [0.29, 0.717) is 45.5 Å². The van der Waals surface area contributed by atoms with Crippen molar-refractivity contribution in [1.29, 1.82) is 0 Å². The highest BCUT2D eigenvalue weighted by molar-refractivity contribution is 14.1. The van der Waals surface area contributed by atoms with Crippen molar-refractivity contribution in [3.05, 3.63) is 80.2 Å². The molecule has 0 fully saturated rings. The standard InChI is InChI=1S/C30H26ClF2IN4O4/c1-15-3-2-4-25(38-10-8-17(12-26(38)39)27-20(32)6-5-19(31)28(27)33)24-11-16(7-9-35-24)18-13-21(34)23(37-30(41)42)14-22(18)36-29(15)40/h5-7,9,11-15,25,37H,2-4,8,10H2,1H3,(H,36,40)(H,41,42)/t15-,25+/m1/s1. The van der Waals surface area contributed by atoms with Crippen LogP contribution < -0.4 is 10.6 Å². The van der Waals surface area contributed by atoms with Crippen molar-refractivity contribution in [3.8, 4) is 11.1 Å². The number of halogens is 4. The van der Waals surface area contributed by atoms with Crippen LogP contribution in [-0.2, 0) is 9.59 Å². The van der Waals surface area contributed by atoms with Gasteiger partial charge in [0.25, 0.3) is 0 Å². The molecule has 3 amide bonds. The van der Waals surface area contributed by atoms with E-state index in [1.165, 1.54) is 6.08 Å². The van der Waals surface area contributed by atoms with E-state index in [0.717, 1.165) is 17.7 Å². The van der Waals surface area contributed by atoms with E-state index in [2.05, 4.69) is 15.6 Å². The van der Waals surface area contributed by atoms with Gasteiger partial charge in [-0.05, 0) is 89.4 Å². The summed E-state index contributed by atoms with van der Waals surface area (Å²) in [6.45, 7) is 2.02. The lowest BCUT2D eigenvalue weighted by Crippen LogP contribution is -2.38. The molecule has 0 aliphatic carbocycles. The summed E-state index contributed by atoms with van der Waals surface area (Å²) in [7, 11) is 0. The number of hydrogen-bond acceptors (Lipinski definition) is 4. The summed E-state index contributed by atoms with van der Waals surface area (Å²) in [5.74, 6) is -2.66. The van der Waals surface area contributed by atoms with Gasteiger partial charge in [0.15, 0.2) is 5.82 Å². The second-order valence-corrected chi connectivity index (χ2v) is 11.9. The Kier molecular flexibility index (Phi) is 8.78. The molecule has 0 saturated heterocycles. The first-order chi connectivity index (χ1) is 20.0. The Balaban J connectivity index is 1.55. The molecule has 5 rings (SSSR count). The molecule has 0 spiro atoms. The van der Waals surface area contributed by atoms with Crippen LogP contribution in [0.3, 0.4) is 0 Å². The molecule has 42 heavy (non-hydrogen) atoms. The van der Waals surface area contributed by atoms with Crippen LogP contribution in [-0.4, -0.2) is 39.4 Å². The number of nitrogens with one attached hydrogen (secondary N) is 2. The third-order valence-electron chi connectivity index (χ3n) is 7.55. The molecule has 3 heterocycles. The van der Waals surface area contributed by atoms with Crippen LogP contribution >= 0.6 is 34.2 Å². The Hall–Kier alpha value is -3.58. The lowest BCUT2D eigenvalue weighted by atomic mass is 9.92. The topological polar surface area (TPSA) is 112 Å². The minimum absolute atomic E-state index is 0.210. The second kappa shape index (κ2) is 12.3. The van der Waals surface area contributed by atoms with E-state index in [1.54, 1.807) is 29.3 Å². The molecule has 218 valence electrons. The summed E-state index contributed by atoms with van der Waals surface area (Å²) < 4.78 is 29.9. The zero-order valence-corrected chi connectivity index (χ0v) is 25.3. The van der Waals surface area contributed by atoms with Gasteiger partial charge in [-0.15, -0.1) is 0 Å². The van der Waals surface area contributed by atoms with Gasteiger partial charge in [-0.3, -0.25) is 19.9 Å². The lowest BCUT2D eigenvalue weighted by molar-refractivity contribution is -0.129. The highest BCUT2D eigenvalue weighted by Gasteiger charge is 2.31. The highest BCUT2D eigenvalue weighted by Crippen LogP contribution is 2.39. The van der Waals surface area contributed by atoms with Crippen LogP contribution in [0.25, 0.3) is 16.7 Å². The molecule has 0 saturated carbocycles. The molecule has 12 heteroatoms. The van der Waals surface area contributed by atoms with Crippen molar-refractivity contribution in [2.75, 3.05) is 17.2 Å². The molecule has 1 aromatic heterocycles. The number of carbonyl (C=O) groups excluding carboxylic acids is 2. The molecule has 2 aliphatic rings. The number of aromatic nitrogens is 1. The molecule has 2 aromatic carbocycles.